The first-order valence-corrected chi connectivity index (χ1v) is 21.5. The number of unbranched alkanes of at least 4 members (excludes halogenated alkanes) is 32. The number of hydrogen-bond donors (Lipinski definition) is 0. The van der Waals surface area contributed by atoms with Gasteiger partial charge in [-0.3, -0.25) is 9.59 Å². The van der Waals surface area contributed by atoms with E-state index in [1.54, 1.807) is 0 Å². The Kier molecular flexibility index (Phi) is 40.2. The fourth-order valence-corrected chi connectivity index (χ4v) is 6.53. The van der Waals surface area contributed by atoms with Crippen molar-refractivity contribution in [3.63, 3.8) is 0 Å². The van der Waals surface area contributed by atoms with Crippen molar-refractivity contribution < 1.29 is 19.1 Å². The first-order valence-electron chi connectivity index (χ1n) is 21.5. The van der Waals surface area contributed by atoms with Crippen molar-refractivity contribution in [2.45, 2.75) is 251 Å². The molecule has 0 aliphatic heterocycles. The van der Waals surface area contributed by atoms with E-state index >= 15 is 0 Å². The minimum atomic E-state index is 0.0132. The van der Waals surface area contributed by atoms with Crippen LogP contribution in [-0.2, 0) is 19.1 Å². The van der Waals surface area contributed by atoms with E-state index in [9.17, 15) is 9.59 Å². The minimum Gasteiger partial charge on any atom is -0.466 e. The molecule has 0 aliphatic carbocycles. The van der Waals surface area contributed by atoms with Crippen molar-refractivity contribution in [1.82, 2.24) is 0 Å². The van der Waals surface area contributed by atoms with Crippen LogP contribution in [0.3, 0.4) is 0 Å². The molecule has 0 bridgehead atoms. The Labute approximate surface area is 295 Å². The molecule has 0 radical (unpaired) electrons. The van der Waals surface area contributed by atoms with Crippen LogP contribution in [0.2, 0.25) is 0 Å². The lowest BCUT2D eigenvalue weighted by Gasteiger charge is -2.06. The molecule has 0 aromatic heterocycles. The van der Waals surface area contributed by atoms with Crippen LogP contribution in [0.4, 0.5) is 0 Å². The maximum Gasteiger partial charge on any atom is 0.305 e. The summed E-state index contributed by atoms with van der Waals surface area (Å²) in [5, 5.41) is 0. The third-order valence-corrected chi connectivity index (χ3v) is 9.78. The normalized spacial score (nSPS) is 11.3. The van der Waals surface area contributed by atoms with Gasteiger partial charge >= 0.3 is 11.9 Å². The van der Waals surface area contributed by atoms with Crippen molar-refractivity contribution in [2.24, 2.45) is 0 Å². The van der Waals surface area contributed by atoms with Gasteiger partial charge in [0.2, 0.25) is 0 Å². The highest BCUT2D eigenvalue weighted by molar-refractivity contribution is 5.69. The molecule has 0 spiro atoms. The van der Waals surface area contributed by atoms with Crippen LogP contribution in [0, 0.1) is 0 Å². The lowest BCUT2D eigenvalue weighted by atomic mass is 10.0. The molecule has 0 saturated carbocycles. The van der Waals surface area contributed by atoms with Gasteiger partial charge in [-0.15, -0.1) is 0 Å². The zero-order chi connectivity index (χ0) is 34.1. The Bertz CT molecular complexity index is 567. The second-order valence-electron chi connectivity index (χ2n) is 14.6. The van der Waals surface area contributed by atoms with E-state index in [1.165, 1.54) is 199 Å². The van der Waals surface area contributed by atoms with Gasteiger partial charge in [0.1, 0.15) is 0 Å². The van der Waals surface area contributed by atoms with Crippen molar-refractivity contribution in [1.29, 1.82) is 0 Å². The summed E-state index contributed by atoms with van der Waals surface area (Å²) < 4.78 is 10.8. The predicted octanol–water partition coefficient (Wildman–Crippen LogP) is 14.5. The molecule has 4 nitrogen and oxygen atoms in total. The fourth-order valence-electron chi connectivity index (χ4n) is 6.53. The highest BCUT2D eigenvalue weighted by atomic mass is 16.5. The Balaban J connectivity index is 3.18. The summed E-state index contributed by atoms with van der Waals surface area (Å²) in [7, 11) is 0. The third kappa shape index (κ3) is 41.0. The molecule has 0 fully saturated rings. The van der Waals surface area contributed by atoms with E-state index in [4.69, 9.17) is 9.47 Å². The summed E-state index contributed by atoms with van der Waals surface area (Å²) in [5.41, 5.74) is 0. The standard InChI is InChI=1S/C43H84O4/c1-3-5-7-9-11-28-32-36-40-46-42(44)38-34-30-26-24-22-20-18-16-14-13-15-17-19-21-23-25-27-31-35-39-43(45)47-41-37-33-29-12-10-8-6-4-2/h3-41H2,1-2H3. The molecular weight excluding hydrogens is 580 g/mol. The molecule has 4 heteroatoms. The van der Waals surface area contributed by atoms with Gasteiger partial charge in [-0.05, 0) is 25.7 Å². The van der Waals surface area contributed by atoms with Crippen LogP contribution in [0.15, 0.2) is 0 Å². The monoisotopic (exact) mass is 665 g/mol. The highest BCUT2D eigenvalue weighted by Crippen LogP contribution is 2.16. The topological polar surface area (TPSA) is 52.6 Å². The maximum atomic E-state index is 11.9. The fraction of sp³-hybridized carbons (Fsp3) is 0.953. The van der Waals surface area contributed by atoms with E-state index in [0.29, 0.717) is 26.1 Å². The molecule has 0 saturated heterocycles. The van der Waals surface area contributed by atoms with Crippen LogP contribution in [-0.4, -0.2) is 25.2 Å². The van der Waals surface area contributed by atoms with Gasteiger partial charge in [0.05, 0.1) is 13.2 Å². The average molecular weight is 665 g/mol. The number of rotatable bonds is 40. The maximum absolute atomic E-state index is 11.9. The summed E-state index contributed by atoms with van der Waals surface area (Å²) in [4.78, 5) is 23.8. The third-order valence-electron chi connectivity index (χ3n) is 9.78. The average Bonchev–Trinajstić information content (AvgIpc) is 3.07. The van der Waals surface area contributed by atoms with Crippen molar-refractivity contribution in [3.05, 3.63) is 0 Å². The molecule has 0 N–H and O–H groups in total. The quantitative estimate of drug-likeness (QED) is 0.0483. The van der Waals surface area contributed by atoms with Gasteiger partial charge in [-0.25, -0.2) is 0 Å². The van der Waals surface area contributed by atoms with Gasteiger partial charge in [-0.1, -0.05) is 213 Å². The van der Waals surface area contributed by atoms with Crippen molar-refractivity contribution >= 4 is 11.9 Å². The first-order chi connectivity index (χ1) is 23.2. The molecule has 0 rings (SSSR count). The molecule has 0 amide bonds. The van der Waals surface area contributed by atoms with E-state index in [0.717, 1.165) is 25.7 Å². The second kappa shape index (κ2) is 41.1. The molecular formula is C43H84O4. The van der Waals surface area contributed by atoms with E-state index < -0.39 is 0 Å². The summed E-state index contributed by atoms with van der Waals surface area (Å²) in [6.07, 6.45) is 46.5. The summed E-state index contributed by atoms with van der Waals surface area (Å²) in [5.74, 6) is 0.0264. The van der Waals surface area contributed by atoms with Crippen molar-refractivity contribution in [3.8, 4) is 0 Å². The minimum absolute atomic E-state index is 0.0132. The predicted molar refractivity (Wildman–Crippen MR) is 204 cm³/mol. The van der Waals surface area contributed by atoms with E-state index in [1.807, 2.05) is 0 Å². The Morgan fingerprint density at radius 1 is 0.277 bits per heavy atom. The number of carbonyl (C=O) groups is 2. The molecule has 47 heavy (non-hydrogen) atoms. The molecule has 280 valence electrons. The van der Waals surface area contributed by atoms with E-state index in [-0.39, 0.29) is 11.9 Å². The molecule has 0 atom stereocenters. The van der Waals surface area contributed by atoms with Gasteiger partial charge in [0.25, 0.3) is 0 Å². The van der Waals surface area contributed by atoms with Crippen LogP contribution in [0.1, 0.15) is 251 Å². The summed E-state index contributed by atoms with van der Waals surface area (Å²) >= 11 is 0. The number of hydrogen-bond acceptors (Lipinski definition) is 4. The van der Waals surface area contributed by atoms with Gasteiger partial charge in [0, 0.05) is 12.8 Å². The van der Waals surface area contributed by atoms with Crippen LogP contribution in [0.25, 0.3) is 0 Å². The number of ether oxygens (including phenoxy) is 2. The van der Waals surface area contributed by atoms with Crippen molar-refractivity contribution in [2.75, 3.05) is 13.2 Å². The van der Waals surface area contributed by atoms with Gasteiger partial charge in [-0.2, -0.15) is 0 Å². The molecule has 0 aromatic rings. The van der Waals surface area contributed by atoms with E-state index in [2.05, 4.69) is 13.8 Å². The summed E-state index contributed by atoms with van der Waals surface area (Å²) in [6.45, 7) is 5.76. The molecule has 0 unspecified atom stereocenters. The summed E-state index contributed by atoms with van der Waals surface area (Å²) in [6, 6.07) is 0. The lowest BCUT2D eigenvalue weighted by molar-refractivity contribution is -0.144. The molecule has 0 heterocycles. The number of esters is 2. The van der Waals surface area contributed by atoms with Crippen LogP contribution < -0.4 is 0 Å². The zero-order valence-corrected chi connectivity index (χ0v) is 32.2. The Morgan fingerprint density at radius 2 is 0.468 bits per heavy atom. The largest absolute Gasteiger partial charge is 0.466 e. The lowest BCUT2D eigenvalue weighted by Crippen LogP contribution is -2.05. The van der Waals surface area contributed by atoms with Gasteiger partial charge in [0.15, 0.2) is 0 Å². The Hall–Kier alpha value is -1.06. The SMILES string of the molecule is CCCCCCCCCCOC(=O)CCCCCCCCCCCCCCCCCCCCCC(=O)OCCCCCCCCCC. The first kappa shape index (κ1) is 45.9. The zero-order valence-electron chi connectivity index (χ0n) is 32.2. The molecule has 0 aromatic carbocycles. The smallest absolute Gasteiger partial charge is 0.305 e. The molecule has 0 aliphatic rings. The van der Waals surface area contributed by atoms with Gasteiger partial charge < -0.3 is 9.47 Å². The Morgan fingerprint density at radius 3 is 0.702 bits per heavy atom. The highest BCUT2D eigenvalue weighted by Gasteiger charge is 2.04. The van der Waals surface area contributed by atoms with Crippen LogP contribution in [0.5, 0.6) is 0 Å². The number of carbonyl (C=O) groups excluding carboxylic acids is 2. The van der Waals surface area contributed by atoms with Crippen LogP contribution >= 0.6 is 0 Å². The second-order valence-corrected chi connectivity index (χ2v) is 14.6.